The predicted octanol–water partition coefficient (Wildman–Crippen LogP) is 4.31. The largest absolute Gasteiger partial charge is 0.393 e. The summed E-state index contributed by atoms with van der Waals surface area (Å²) in [6.07, 6.45) is 11.7. The molecule has 0 aromatic heterocycles. The van der Waals surface area contributed by atoms with E-state index in [2.05, 4.69) is 19.9 Å². The van der Waals surface area contributed by atoms with E-state index < -0.39 is 0 Å². The number of rotatable bonds is 1. The van der Waals surface area contributed by atoms with Crippen molar-refractivity contribution in [2.24, 2.45) is 34.5 Å². The summed E-state index contributed by atoms with van der Waals surface area (Å²) in [5.41, 5.74) is 2.25. The van der Waals surface area contributed by atoms with Gasteiger partial charge in [-0.25, -0.2) is 0 Å². The molecule has 2 heteroatoms. The summed E-state index contributed by atoms with van der Waals surface area (Å²) in [4.78, 5) is 0. The maximum absolute atomic E-state index is 10.3. The third-order valence-corrected chi connectivity index (χ3v) is 8.73. The number of allylic oxidation sites excluding steroid dienone is 1. The maximum Gasteiger partial charge on any atom is 0.0577 e. The molecule has 4 aliphatic rings. The molecule has 0 saturated heterocycles. The molecule has 3 fully saturated rings. The third kappa shape index (κ3) is 2.20. The van der Waals surface area contributed by atoms with E-state index >= 15 is 0 Å². The van der Waals surface area contributed by atoms with Crippen LogP contribution in [0.1, 0.15) is 72.1 Å². The van der Waals surface area contributed by atoms with E-state index in [9.17, 15) is 10.2 Å². The minimum absolute atomic E-state index is 0.106. The van der Waals surface area contributed by atoms with Crippen molar-refractivity contribution in [3.63, 3.8) is 0 Å². The lowest BCUT2D eigenvalue weighted by Crippen LogP contribution is -2.51. The number of aliphatic hydroxyl groups is 2. The summed E-state index contributed by atoms with van der Waals surface area (Å²) in [7, 11) is 0. The average molecular weight is 319 g/mol. The van der Waals surface area contributed by atoms with Crippen molar-refractivity contribution < 1.29 is 10.2 Å². The molecule has 4 rings (SSSR count). The molecule has 130 valence electrons. The fourth-order valence-electron chi connectivity index (χ4n) is 7.47. The normalized spacial score (nSPS) is 53.8. The van der Waals surface area contributed by atoms with E-state index in [1.807, 2.05) is 6.92 Å². The fraction of sp³-hybridized carbons (Fsp3) is 0.905. The van der Waals surface area contributed by atoms with Crippen LogP contribution in [0.2, 0.25) is 0 Å². The molecule has 0 radical (unpaired) electrons. The van der Waals surface area contributed by atoms with Gasteiger partial charge in [0, 0.05) is 0 Å². The van der Waals surface area contributed by atoms with Gasteiger partial charge in [-0.2, -0.15) is 0 Å². The first kappa shape index (κ1) is 16.1. The Kier molecular flexibility index (Phi) is 3.74. The van der Waals surface area contributed by atoms with Crippen molar-refractivity contribution in [2.45, 2.75) is 84.3 Å². The minimum atomic E-state index is -0.156. The Balaban J connectivity index is 1.65. The molecule has 3 saturated carbocycles. The molecule has 0 heterocycles. The Labute approximate surface area is 141 Å². The highest BCUT2D eigenvalue weighted by molar-refractivity contribution is 5.25. The second kappa shape index (κ2) is 5.33. The molecular weight excluding hydrogens is 284 g/mol. The van der Waals surface area contributed by atoms with Crippen molar-refractivity contribution in [3.8, 4) is 0 Å². The maximum atomic E-state index is 10.3. The number of hydrogen-bond acceptors (Lipinski definition) is 2. The summed E-state index contributed by atoms with van der Waals surface area (Å²) in [5.74, 6) is 2.91. The van der Waals surface area contributed by atoms with Gasteiger partial charge in [0.1, 0.15) is 0 Å². The Bertz CT molecular complexity index is 510. The monoisotopic (exact) mass is 318 g/mol. The van der Waals surface area contributed by atoms with E-state index in [1.165, 1.54) is 38.5 Å². The molecular formula is C21H34O2. The van der Waals surface area contributed by atoms with Gasteiger partial charge < -0.3 is 10.2 Å². The molecule has 4 aliphatic carbocycles. The highest BCUT2D eigenvalue weighted by atomic mass is 16.3. The van der Waals surface area contributed by atoms with Crippen LogP contribution in [-0.4, -0.2) is 22.4 Å². The van der Waals surface area contributed by atoms with E-state index in [0.717, 1.165) is 30.6 Å². The Morgan fingerprint density at radius 1 is 1.09 bits per heavy atom. The van der Waals surface area contributed by atoms with Crippen molar-refractivity contribution >= 4 is 0 Å². The first-order valence-corrected chi connectivity index (χ1v) is 9.92. The van der Waals surface area contributed by atoms with Gasteiger partial charge in [-0.3, -0.25) is 0 Å². The summed E-state index contributed by atoms with van der Waals surface area (Å²) in [5, 5.41) is 20.4. The van der Waals surface area contributed by atoms with Crippen molar-refractivity contribution in [2.75, 3.05) is 0 Å². The number of hydrogen-bond donors (Lipinski definition) is 2. The van der Waals surface area contributed by atoms with Crippen molar-refractivity contribution in [1.82, 2.24) is 0 Å². The molecule has 2 nitrogen and oxygen atoms in total. The van der Waals surface area contributed by atoms with Crippen LogP contribution in [0.25, 0.3) is 0 Å². The summed E-state index contributed by atoms with van der Waals surface area (Å²) >= 11 is 0. The molecule has 23 heavy (non-hydrogen) atoms. The first-order chi connectivity index (χ1) is 10.9. The number of fused-ring (bicyclic) bond motifs is 5. The van der Waals surface area contributed by atoms with Gasteiger partial charge in [-0.1, -0.05) is 25.5 Å². The Morgan fingerprint density at radius 3 is 2.61 bits per heavy atom. The summed E-state index contributed by atoms with van der Waals surface area (Å²) < 4.78 is 0. The molecule has 8 atom stereocenters. The molecule has 0 amide bonds. The third-order valence-electron chi connectivity index (χ3n) is 8.73. The van der Waals surface area contributed by atoms with Crippen LogP contribution in [0.5, 0.6) is 0 Å². The standard InChI is InChI=1S/C21H34O2/c1-13(22)17-6-7-18-16-5-4-14-12-15(23)8-10-20(14,2)19(16)9-11-21(17,18)3/h4,13,15-19,22-23H,5-12H2,1-3H3/t13-,15+,16-,17+,18-,19-,20-,21+/m0/s1. The molecule has 0 aromatic rings. The SMILES string of the molecule is C[C@H](O)[C@H]1CC[C@H]2[C@@H]3CC=C4C[C@H](O)CC[C@]4(C)[C@H]3CC[C@]12C. The molecule has 0 bridgehead atoms. The van der Waals surface area contributed by atoms with E-state index in [0.29, 0.717) is 16.7 Å². The Morgan fingerprint density at radius 2 is 1.87 bits per heavy atom. The van der Waals surface area contributed by atoms with Crippen LogP contribution in [-0.2, 0) is 0 Å². The van der Waals surface area contributed by atoms with Gasteiger partial charge >= 0.3 is 0 Å². The van der Waals surface area contributed by atoms with Crippen LogP contribution < -0.4 is 0 Å². The highest BCUT2D eigenvalue weighted by Gasteiger charge is 2.59. The minimum Gasteiger partial charge on any atom is -0.393 e. The van der Waals surface area contributed by atoms with Gasteiger partial charge in [0.15, 0.2) is 0 Å². The Hall–Kier alpha value is -0.340. The molecule has 2 N–H and O–H groups in total. The van der Waals surface area contributed by atoms with Crippen molar-refractivity contribution in [3.05, 3.63) is 11.6 Å². The zero-order valence-corrected chi connectivity index (χ0v) is 15.1. The molecule has 0 aromatic carbocycles. The van der Waals surface area contributed by atoms with Gasteiger partial charge in [0.05, 0.1) is 12.2 Å². The molecule has 0 aliphatic heterocycles. The molecule has 0 unspecified atom stereocenters. The lowest BCUT2D eigenvalue weighted by atomic mass is 9.47. The van der Waals surface area contributed by atoms with Gasteiger partial charge in [0.2, 0.25) is 0 Å². The summed E-state index contributed by atoms with van der Waals surface area (Å²) in [6, 6.07) is 0. The zero-order valence-electron chi connectivity index (χ0n) is 15.1. The number of aliphatic hydroxyl groups excluding tert-OH is 2. The van der Waals surface area contributed by atoms with Crippen LogP contribution in [0.3, 0.4) is 0 Å². The summed E-state index contributed by atoms with van der Waals surface area (Å²) in [6.45, 7) is 6.98. The van der Waals surface area contributed by atoms with Crippen LogP contribution in [0.4, 0.5) is 0 Å². The van der Waals surface area contributed by atoms with Gasteiger partial charge in [-0.05, 0) is 92.8 Å². The molecule has 0 spiro atoms. The second-order valence-corrected chi connectivity index (χ2v) is 9.62. The van der Waals surface area contributed by atoms with Gasteiger partial charge in [0.25, 0.3) is 0 Å². The van der Waals surface area contributed by atoms with E-state index in [4.69, 9.17) is 0 Å². The van der Waals surface area contributed by atoms with E-state index in [1.54, 1.807) is 5.57 Å². The second-order valence-electron chi connectivity index (χ2n) is 9.62. The van der Waals surface area contributed by atoms with Crippen LogP contribution in [0.15, 0.2) is 11.6 Å². The van der Waals surface area contributed by atoms with Crippen LogP contribution >= 0.6 is 0 Å². The smallest absolute Gasteiger partial charge is 0.0577 e. The quantitative estimate of drug-likeness (QED) is 0.707. The topological polar surface area (TPSA) is 40.5 Å². The predicted molar refractivity (Wildman–Crippen MR) is 92.9 cm³/mol. The highest BCUT2D eigenvalue weighted by Crippen LogP contribution is 2.66. The first-order valence-electron chi connectivity index (χ1n) is 9.92. The lowest BCUT2D eigenvalue weighted by Gasteiger charge is -2.58. The van der Waals surface area contributed by atoms with Gasteiger partial charge in [-0.15, -0.1) is 0 Å². The average Bonchev–Trinajstić information content (AvgIpc) is 2.85. The van der Waals surface area contributed by atoms with E-state index in [-0.39, 0.29) is 12.2 Å². The zero-order chi connectivity index (χ0) is 16.4. The lowest BCUT2D eigenvalue weighted by molar-refractivity contribution is -0.0675. The van der Waals surface area contributed by atoms with Crippen molar-refractivity contribution in [1.29, 1.82) is 0 Å². The fourth-order valence-corrected chi connectivity index (χ4v) is 7.47. The van der Waals surface area contributed by atoms with Crippen LogP contribution in [0, 0.1) is 34.5 Å².